The summed E-state index contributed by atoms with van der Waals surface area (Å²) >= 11 is 0. The smallest absolute Gasteiger partial charge is 0.377 e. The Balaban J connectivity index is 1.96. The van der Waals surface area contributed by atoms with Gasteiger partial charge in [0.25, 0.3) is 11.7 Å². The number of ketones is 1. The molecule has 1 heterocycles. The number of benzene rings is 1. The molecule has 1 aromatic carbocycles. The van der Waals surface area contributed by atoms with E-state index in [1.165, 1.54) is 12.1 Å². The highest BCUT2D eigenvalue weighted by atomic mass is 16.4. The monoisotopic (exact) mass is 245 g/mol. The van der Waals surface area contributed by atoms with Gasteiger partial charge in [0, 0.05) is 23.7 Å². The lowest BCUT2D eigenvalue weighted by molar-refractivity contribution is -0.131. The maximum atomic E-state index is 12.1. The second-order valence-corrected chi connectivity index (χ2v) is 4.67. The van der Waals surface area contributed by atoms with E-state index in [0.717, 1.165) is 18.4 Å². The zero-order valence-electron chi connectivity index (χ0n) is 9.55. The molecule has 0 radical (unpaired) electrons. The zero-order valence-corrected chi connectivity index (χ0v) is 9.55. The van der Waals surface area contributed by atoms with E-state index in [1.807, 2.05) is 0 Å². The fourth-order valence-electron chi connectivity index (χ4n) is 2.27. The van der Waals surface area contributed by atoms with Crippen molar-refractivity contribution in [2.24, 2.45) is 0 Å². The lowest BCUT2D eigenvalue weighted by Crippen LogP contribution is -2.25. The van der Waals surface area contributed by atoms with E-state index >= 15 is 0 Å². The molecule has 5 nitrogen and oxygen atoms in total. The Morgan fingerprint density at radius 2 is 2.00 bits per heavy atom. The number of amides is 1. The predicted octanol–water partition coefficient (Wildman–Crippen LogP) is 1.07. The van der Waals surface area contributed by atoms with E-state index in [0.29, 0.717) is 18.2 Å². The molecular weight excluding hydrogens is 234 g/mol. The van der Waals surface area contributed by atoms with E-state index in [1.54, 1.807) is 11.0 Å². The first kappa shape index (κ1) is 11.0. The summed E-state index contributed by atoms with van der Waals surface area (Å²) in [6, 6.07) is 4.87. The Labute approximate surface area is 103 Å². The van der Waals surface area contributed by atoms with Crippen LogP contribution in [0.1, 0.15) is 39.1 Å². The predicted molar refractivity (Wildman–Crippen MR) is 61.3 cm³/mol. The maximum absolute atomic E-state index is 12.1. The molecule has 0 unspecified atom stereocenters. The molecule has 1 aliphatic heterocycles. The lowest BCUT2D eigenvalue weighted by Gasteiger charge is -2.13. The SMILES string of the molecule is O=C(O)C(=O)c1ccc2c(c1)C(=O)N(C1CC1)C2. The van der Waals surface area contributed by atoms with Crippen molar-refractivity contribution in [3.8, 4) is 0 Å². The van der Waals surface area contributed by atoms with Crippen LogP contribution in [0.3, 0.4) is 0 Å². The summed E-state index contributed by atoms with van der Waals surface area (Å²) in [4.78, 5) is 35.9. The number of carboxylic acid groups (broad SMARTS) is 1. The third-order valence-corrected chi connectivity index (χ3v) is 3.39. The van der Waals surface area contributed by atoms with Gasteiger partial charge in [-0.2, -0.15) is 0 Å². The van der Waals surface area contributed by atoms with E-state index < -0.39 is 11.8 Å². The van der Waals surface area contributed by atoms with E-state index in [9.17, 15) is 14.4 Å². The van der Waals surface area contributed by atoms with Gasteiger partial charge in [-0.05, 0) is 24.5 Å². The van der Waals surface area contributed by atoms with Crippen LogP contribution in [0.25, 0.3) is 0 Å². The first-order valence-corrected chi connectivity index (χ1v) is 5.79. The maximum Gasteiger partial charge on any atom is 0.377 e. The third-order valence-electron chi connectivity index (χ3n) is 3.39. The summed E-state index contributed by atoms with van der Waals surface area (Å²) in [5.41, 5.74) is 1.40. The van der Waals surface area contributed by atoms with Gasteiger partial charge < -0.3 is 10.0 Å². The quantitative estimate of drug-likeness (QED) is 0.638. The number of hydrogen-bond acceptors (Lipinski definition) is 3. The largest absolute Gasteiger partial charge is 0.475 e. The molecule has 0 aromatic heterocycles. The number of carbonyl (C=O) groups excluding carboxylic acids is 2. The van der Waals surface area contributed by atoms with Crippen molar-refractivity contribution in [1.82, 2.24) is 4.90 Å². The minimum Gasteiger partial charge on any atom is -0.475 e. The summed E-state index contributed by atoms with van der Waals surface area (Å²) in [6.45, 7) is 0.570. The second-order valence-electron chi connectivity index (χ2n) is 4.67. The van der Waals surface area contributed by atoms with Crippen LogP contribution in [-0.2, 0) is 11.3 Å². The van der Waals surface area contributed by atoms with Crippen LogP contribution in [0, 0.1) is 0 Å². The summed E-state index contributed by atoms with van der Waals surface area (Å²) in [5, 5.41) is 8.66. The highest BCUT2D eigenvalue weighted by Crippen LogP contribution is 2.34. The van der Waals surface area contributed by atoms with Crippen molar-refractivity contribution in [2.75, 3.05) is 0 Å². The average Bonchev–Trinajstić information content (AvgIpc) is 3.14. The molecule has 1 fully saturated rings. The van der Waals surface area contributed by atoms with Crippen LogP contribution in [-0.4, -0.2) is 33.7 Å². The molecule has 1 aromatic rings. The molecule has 1 saturated carbocycles. The van der Waals surface area contributed by atoms with Crippen LogP contribution in [0.15, 0.2) is 18.2 Å². The Morgan fingerprint density at radius 3 is 2.61 bits per heavy atom. The minimum atomic E-state index is -1.50. The van der Waals surface area contributed by atoms with Crippen LogP contribution < -0.4 is 0 Å². The highest BCUT2D eigenvalue weighted by Gasteiger charge is 2.38. The van der Waals surface area contributed by atoms with Crippen LogP contribution in [0.2, 0.25) is 0 Å². The lowest BCUT2D eigenvalue weighted by atomic mass is 10.0. The van der Waals surface area contributed by atoms with E-state index in [4.69, 9.17) is 5.11 Å². The molecular formula is C13H11NO4. The fraction of sp³-hybridized carbons (Fsp3) is 0.308. The Kier molecular flexibility index (Phi) is 2.23. The van der Waals surface area contributed by atoms with Gasteiger partial charge >= 0.3 is 5.97 Å². The zero-order chi connectivity index (χ0) is 12.9. The number of aliphatic carboxylic acids is 1. The van der Waals surface area contributed by atoms with Crippen LogP contribution >= 0.6 is 0 Å². The molecule has 0 spiro atoms. The van der Waals surface area contributed by atoms with Gasteiger partial charge in [0.1, 0.15) is 0 Å². The summed E-state index contributed by atoms with van der Waals surface area (Å²) < 4.78 is 0. The van der Waals surface area contributed by atoms with E-state index in [2.05, 4.69) is 0 Å². The molecule has 1 amide bonds. The molecule has 18 heavy (non-hydrogen) atoms. The number of carbonyl (C=O) groups is 3. The van der Waals surface area contributed by atoms with Crippen molar-refractivity contribution in [1.29, 1.82) is 0 Å². The molecule has 3 rings (SSSR count). The first-order chi connectivity index (χ1) is 8.58. The summed E-state index contributed by atoms with van der Waals surface area (Å²) in [7, 11) is 0. The number of Topliss-reactive ketones (excluding diaryl/α,β-unsaturated/α-hetero) is 1. The van der Waals surface area contributed by atoms with Crippen LogP contribution in [0.4, 0.5) is 0 Å². The highest BCUT2D eigenvalue weighted by molar-refractivity contribution is 6.40. The first-order valence-electron chi connectivity index (χ1n) is 5.79. The Hall–Kier alpha value is -2.17. The van der Waals surface area contributed by atoms with Gasteiger partial charge in [0.15, 0.2) is 0 Å². The van der Waals surface area contributed by atoms with Gasteiger partial charge in [-0.25, -0.2) is 4.79 Å². The molecule has 0 saturated heterocycles. The number of rotatable bonds is 3. The van der Waals surface area contributed by atoms with Gasteiger partial charge in [-0.1, -0.05) is 12.1 Å². The van der Waals surface area contributed by atoms with Crippen molar-refractivity contribution in [3.63, 3.8) is 0 Å². The third kappa shape index (κ3) is 1.59. The van der Waals surface area contributed by atoms with Gasteiger partial charge in [0.05, 0.1) is 0 Å². The average molecular weight is 245 g/mol. The van der Waals surface area contributed by atoms with Crippen molar-refractivity contribution >= 4 is 17.7 Å². The molecule has 92 valence electrons. The number of fused-ring (bicyclic) bond motifs is 1. The van der Waals surface area contributed by atoms with Crippen molar-refractivity contribution < 1.29 is 19.5 Å². The summed E-state index contributed by atoms with van der Waals surface area (Å²) in [6.07, 6.45) is 2.06. The second kappa shape index (κ2) is 3.66. The Morgan fingerprint density at radius 1 is 1.28 bits per heavy atom. The molecule has 2 aliphatic rings. The number of carboxylic acids is 1. The topological polar surface area (TPSA) is 74.7 Å². The standard InChI is InChI=1S/C13H11NO4/c15-11(13(17)18)7-1-2-8-6-14(9-3-4-9)12(16)10(8)5-7/h1-2,5,9H,3-4,6H2,(H,17,18). The molecule has 5 heteroatoms. The molecule has 1 N–H and O–H groups in total. The number of hydrogen-bond donors (Lipinski definition) is 1. The number of nitrogens with zero attached hydrogens (tertiary/aromatic N) is 1. The van der Waals surface area contributed by atoms with E-state index in [-0.39, 0.29) is 11.5 Å². The van der Waals surface area contributed by atoms with Gasteiger partial charge in [-0.15, -0.1) is 0 Å². The van der Waals surface area contributed by atoms with Gasteiger partial charge in [0.2, 0.25) is 0 Å². The normalized spacial score (nSPS) is 17.8. The van der Waals surface area contributed by atoms with Gasteiger partial charge in [-0.3, -0.25) is 9.59 Å². The Bertz CT molecular complexity index is 574. The fourth-order valence-corrected chi connectivity index (χ4v) is 2.27. The molecule has 0 atom stereocenters. The van der Waals surface area contributed by atoms with Crippen LogP contribution in [0.5, 0.6) is 0 Å². The minimum absolute atomic E-state index is 0.0623. The molecule has 0 bridgehead atoms. The molecule has 1 aliphatic carbocycles. The van der Waals surface area contributed by atoms with Crippen molar-refractivity contribution in [2.45, 2.75) is 25.4 Å². The summed E-state index contributed by atoms with van der Waals surface area (Å²) in [5.74, 6) is -2.57. The van der Waals surface area contributed by atoms with Crippen molar-refractivity contribution in [3.05, 3.63) is 34.9 Å².